The molecule has 3 heteroatoms. The highest BCUT2D eigenvalue weighted by Gasteiger charge is 2.22. The summed E-state index contributed by atoms with van der Waals surface area (Å²) in [6, 6.07) is 17.4. The molecule has 0 heterocycles. The summed E-state index contributed by atoms with van der Waals surface area (Å²) in [7, 11) is 0. The maximum absolute atomic E-state index is 6.28. The molecule has 0 amide bonds. The Morgan fingerprint density at radius 3 is 2.33 bits per heavy atom. The third-order valence-corrected chi connectivity index (χ3v) is 5.09. The van der Waals surface area contributed by atoms with Crippen LogP contribution in [-0.4, -0.2) is 6.04 Å². The van der Waals surface area contributed by atoms with Gasteiger partial charge < -0.3 is 5.32 Å². The SMILES string of the molecule is Clc1cc(Br)ccc1NC1CCC(c2ccccc2)CC1. The molecule has 0 aromatic heterocycles. The quantitative estimate of drug-likeness (QED) is 0.679. The van der Waals surface area contributed by atoms with Gasteiger partial charge in [-0.2, -0.15) is 0 Å². The molecule has 1 nitrogen and oxygen atoms in total. The summed E-state index contributed by atoms with van der Waals surface area (Å²) >= 11 is 9.72. The Morgan fingerprint density at radius 1 is 0.952 bits per heavy atom. The monoisotopic (exact) mass is 363 g/mol. The first-order valence-corrected chi connectivity index (χ1v) is 8.66. The van der Waals surface area contributed by atoms with Gasteiger partial charge in [-0.1, -0.05) is 57.9 Å². The molecule has 2 aromatic carbocycles. The predicted octanol–water partition coefficient (Wildman–Crippen LogP) is 6.24. The second-order valence-electron chi connectivity index (χ2n) is 5.73. The average Bonchev–Trinajstić information content (AvgIpc) is 2.52. The lowest BCUT2D eigenvalue weighted by Crippen LogP contribution is -2.25. The van der Waals surface area contributed by atoms with Crippen LogP contribution in [0.15, 0.2) is 53.0 Å². The topological polar surface area (TPSA) is 12.0 Å². The van der Waals surface area contributed by atoms with Gasteiger partial charge in [-0.15, -0.1) is 0 Å². The normalized spacial score (nSPS) is 22.0. The molecule has 1 aliphatic carbocycles. The van der Waals surface area contributed by atoms with Crippen molar-refractivity contribution in [1.82, 2.24) is 0 Å². The first-order valence-electron chi connectivity index (χ1n) is 7.49. The molecule has 1 saturated carbocycles. The lowest BCUT2D eigenvalue weighted by atomic mass is 9.82. The van der Waals surface area contributed by atoms with Crippen LogP contribution in [0.1, 0.15) is 37.2 Å². The minimum atomic E-state index is 0.531. The summed E-state index contributed by atoms with van der Waals surface area (Å²) in [5.74, 6) is 0.713. The van der Waals surface area contributed by atoms with Crippen LogP contribution in [-0.2, 0) is 0 Å². The van der Waals surface area contributed by atoms with Crippen LogP contribution in [0.25, 0.3) is 0 Å². The first-order chi connectivity index (χ1) is 10.2. The van der Waals surface area contributed by atoms with Crippen LogP contribution in [0.5, 0.6) is 0 Å². The van der Waals surface area contributed by atoms with Crippen LogP contribution >= 0.6 is 27.5 Å². The minimum Gasteiger partial charge on any atom is -0.381 e. The third-order valence-electron chi connectivity index (χ3n) is 4.29. The van der Waals surface area contributed by atoms with Crippen molar-refractivity contribution in [2.75, 3.05) is 5.32 Å². The van der Waals surface area contributed by atoms with Crippen molar-refractivity contribution in [3.63, 3.8) is 0 Å². The second-order valence-corrected chi connectivity index (χ2v) is 7.05. The van der Waals surface area contributed by atoms with Gasteiger partial charge in [0, 0.05) is 10.5 Å². The molecule has 1 aliphatic rings. The molecule has 2 aromatic rings. The third kappa shape index (κ3) is 3.81. The summed E-state index contributed by atoms with van der Waals surface area (Å²) in [4.78, 5) is 0. The van der Waals surface area contributed by atoms with E-state index in [1.165, 1.54) is 31.2 Å². The average molecular weight is 365 g/mol. The van der Waals surface area contributed by atoms with Crippen molar-refractivity contribution >= 4 is 33.2 Å². The molecular weight excluding hydrogens is 346 g/mol. The Kier molecular flexibility index (Phi) is 4.87. The number of hydrogen-bond donors (Lipinski definition) is 1. The number of anilines is 1. The molecule has 0 bridgehead atoms. The smallest absolute Gasteiger partial charge is 0.0648 e. The number of nitrogens with one attached hydrogen (secondary N) is 1. The van der Waals surface area contributed by atoms with Crippen LogP contribution in [0.2, 0.25) is 5.02 Å². The largest absolute Gasteiger partial charge is 0.381 e. The zero-order chi connectivity index (χ0) is 14.7. The Morgan fingerprint density at radius 2 is 1.67 bits per heavy atom. The van der Waals surface area contributed by atoms with Crippen molar-refractivity contribution in [1.29, 1.82) is 0 Å². The number of benzene rings is 2. The molecule has 0 saturated heterocycles. The molecule has 0 spiro atoms. The zero-order valence-electron chi connectivity index (χ0n) is 11.9. The highest BCUT2D eigenvalue weighted by Crippen LogP contribution is 2.35. The fraction of sp³-hybridized carbons (Fsp3) is 0.333. The van der Waals surface area contributed by atoms with Crippen LogP contribution in [0.4, 0.5) is 5.69 Å². The number of hydrogen-bond acceptors (Lipinski definition) is 1. The van der Waals surface area contributed by atoms with E-state index in [-0.39, 0.29) is 0 Å². The summed E-state index contributed by atoms with van der Waals surface area (Å²) in [5, 5.41) is 4.38. The molecule has 0 aliphatic heterocycles. The van der Waals surface area contributed by atoms with Crippen molar-refractivity contribution in [3.05, 3.63) is 63.6 Å². The predicted molar refractivity (Wildman–Crippen MR) is 94.2 cm³/mol. The lowest BCUT2D eigenvalue weighted by Gasteiger charge is -2.30. The zero-order valence-corrected chi connectivity index (χ0v) is 14.2. The van der Waals surface area contributed by atoms with E-state index in [2.05, 4.69) is 57.6 Å². The molecule has 0 atom stereocenters. The van der Waals surface area contributed by atoms with E-state index in [1.54, 1.807) is 0 Å². The fourth-order valence-corrected chi connectivity index (χ4v) is 3.85. The van der Waals surface area contributed by atoms with Gasteiger partial charge in [0.25, 0.3) is 0 Å². The van der Waals surface area contributed by atoms with Gasteiger partial charge in [-0.05, 0) is 55.4 Å². The Hall–Kier alpha value is -0.990. The fourth-order valence-electron chi connectivity index (χ4n) is 3.12. The van der Waals surface area contributed by atoms with Gasteiger partial charge in [-0.3, -0.25) is 0 Å². The summed E-state index contributed by atoms with van der Waals surface area (Å²) in [6.07, 6.45) is 4.89. The van der Waals surface area contributed by atoms with Gasteiger partial charge in [-0.25, -0.2) is 0 Å². The number of rotatable bonds is 3. The van der Waals surface area contributed by atoms with E-state index in [4.69, 9.17) is 11.6 Å². The van der Waals surface area contributed by atoms with Crippen molar-refractivity contribution in [3.8, 4) is 0 Å². The highest BCUT2D eigenvalue weighted by atomic mass is 79.9. The van der Waals surface area contributed by atoms with Gasteiger partial charge >= 0.3 is 0 Å². The lowest BCUT2D eigenvalue weighted by molar-refractivity contribution is 0.412. The Balaban J connectivity index is 1.59. The Labute approximate surface area is 139 Å². The van der Waals surface area contributed by atoms with Crippen molar-refractivity contribution in [2.24, 2.45) is 0 Å². The minimum absolute atomic E-state index is 0.531. The van der Waals surface area contributed by atoms with E-state index in [0.29, 0.717) is 12.0 Å². The Bertz CT molecular complexity index is 591. The first kappa shape index (κ1) is 14.9. The number of halogens is 2. The van der Waals surface area contributed by atoms with Gasteiger partial charge in [0.1, 0.15) is 0 Å². The molecular formula is C18H19BrClN. The van der Waals surface area contributed by atoms with Gasteiger partial charge in [0.05, 0.1) is 10.7 Å². The maximum Gasteiger partial charge on any atom is 0.0648 e. The summed E-state index contributed by atoms with van der Waals surface area (Å²) in [6.45, 7) is 0. The summed E-state index contributed by atoms with van der Waals surface area (Å²) < 4.78 is 1.02. The van der Waals surface area contributed by atoms with E-state index in [9.17, 15) is 0 Å². The molecule has 1 fully saturated rings. The van der Waals surface area contributed by atoms with E-state index >= 15 is 0 Å². The van der Waals surface area contributed by atoms with Crippen LogP contribution in [0, 0.1) is 0 Å². The molecule has 3 rings (SSSR count). The molecule has 0 radical (unpaired) electrons. The van der Waals surface area contributed by atoms with Crippen molar-refractivity contribution < 1.29 is 0 Å². The standard InChI is InChI=1S/C18H19BrClN/c19-15-8-11-18(17(20)12-15)21-16-9-6-14(7-10-16)13-4-2-1-3-5-13/h1-5,8,11-12,14,16,21H,6-7,9-10H2. The van der Waals surface area contributed by atoms with E-state index in [1.807, 2.05) is 12.1 Å². The molecule has 1 N–H and O–H groups in total. The molecule has 0 unspecified atom stereocenters. The molecule has 110 valence electrons. The van der Waals surface area contributed by atoms with Crippen LogP contribution in [0.3, 0.4) is 0 Å². The molecule has 21 heavy (non-hydrogen) atoms. The highest BCUT2D eigenvalue weighted by molar-refractivity contribution is 9.10. The second kappa shape index (κ2) is 6.85. The van der Waals surface area contributed by atoms with Gasteiger partial charge in [0.15, 0.2) is 0 Å². The van der Waals surface area contributed by atoms with Crippen molar-refractivity contribution in [2.45, 2.75) is 37.6 Å². The summed E-state index contributed by atoms with van der Waals surface area (Å²) in [5.41, 5.74) is 2.53. The van der Waals surface area contributed by atoms with Gasteiger partial charge in [0.2, 0.25) is 0 Å². The van der Waals surface area contributed by atoms with Crippen LogP contribution < -0.4 is 5.32 Å². The van der Waals surface area contributed by atoms with E-state index < -0.39 is 0 Å². The van der Waals surface area contributed by atoms with E-state index in [0.717, 1.165) is 15.2 Å². The maximum atomic E-state index is 6.28.